The summed E-state index contributed by atoms with van der Waals surface area (Å²) in [6.07, 6.45) is -23.6. The first-order valence-corrected chi connectivity index (χ1v) is 33.1. The summed E-state index contributed by atoms with van der Waals surface area (Å²) in [6.45, 7) is 11.2. The van der Waals surface area contributed by atoms with E-state index in [1.165, 1.54) is 0 Å². The Labute approximate surface area is 592 Å². The zero-order chi connectivity index (χ0) is 77.5. The molecule has 0 aromatic rings. The lowest BCUT2D eigenvalue weighted by Gasteiger charge is -2.34. The van der Waals surface area contributed by atoms with Crippen LogP contribution in [0.15, 0.2) is 0 Å². The fourth-order valence-electron chi connectivity index (χ4n) is 7.18. The molecule has 0 saturated carbocycles. The second-order valence-corrected chi connectivity index (χ2v) is 21.0. The molecule has 0 amide bonds. The van der Waals surface area contributed by atoms with Gasteiger partial charge in [-0.25, -0.2) is 0 Å². The predicted octanol–water partition coefficient (Wildman–Crippen LogP) is 5.82. The number of hydrogen-bond donors (Lipinski definition) is 2. The number of aliphatic hydroxyl groups is 2. The van der Waals surface area contributed by atoms with E-state index in [1.807, 2.05) is 0 Å². The molecule has 0 fully saturated rings. The van der Waals surface area contributed by atoms with Gasteiger partial charge in [-0.3, -0.25) is 0 Å². The molecule has 0 radical (unpaired) electrons. The highest BCUT2D eigenvalue weighted by molar-refractivity contribution is 5.02. The van der Waals surface area contributed by atoms with E-state index < -0.39 is 86.2 Å². The molecule has 0 heterocycles. The average Bonchev–Trinajstić information content (AvgIpc) is 0.754. The summed E-state index contributed by atoms with van der Waals surface area (Å²) in [7, 11) is 0. The average molecular weight is 1580 g/mol. The normalized spacial score (nSPS) is 13.8. The Morgan fingerprint density at radius 3 is 0.346 bits per heavy atom. The van der Waals surface area contributed by atoms with Crippen LogP contribution < -0.4 is 0 Å². The number of aliphatic hydroxyl groups excluding tert-OH is 2. The summed E-state index contributed by atoms with van der Waals surface area (Å²) in [5, 5.41) is 18.8. The molecule has 0 saturated heterocycles. The molecular formula is C60H104F18O26. The molecule has 0 aliphatic carbocycles. The van der Waals surface area contributed by atoms with Gasteiger partial charge in [0.05, 0.1) is 329 Å². The van der Waals surface area contributed by atoms with Crippen LogP contribution >= 0.6 is 0 Å². The van der Waals surface area contributed by atoms with Crippen LogP contribution in [0.5, 0.6) is 0 Å². The number of ether oxygens (including phenoxy) is 24. The van der Waals surface area contributed by atoms with E-state index in [9.17, 15) is 89.2 Å². The van der Waals surface area contributed by atoms with E-state index >= 15 is 0 Å². The fourth-order valence-corrected chi connectivity index (χ4v) is 7.18. The van der Waals surface area contributed by atoms with Crippen LogP contribution in [0, 0.1) is 0 Å². The van der Waals surface area contributed by atoms with Crippen molar-refractivity contribution in [3.05, 3.63) is 0 Å². The van der Waals surface area contributed by atoms with Gasteiger partial charge in [-0.15, -0.1) is 0 Å². The highest BCUT2D eigenvalue weighted by atomic mass is 19.4. The van der Waals surface area contributed by atoms with Gasteiger partial charge in [-0.1, -0.05) is 0 Å². The monoisotopic (exact) mass is 1580 g/mol. The van der Waals surface area contributed by atoms with Gasteiger partial charge in [-0.2, -0.15) is 79.0 Å². The van der Waals surface area contributed by atoms with Gasteiger partial charge in [0.2, 0.25) is 0 Å². The van der Waals surface area contributed by atoms with E-state index in [2.05, 4.69) is 0 Å². The minimum atomic E-state index is -7.03. The van der Waals surface area contributed by atoms with Gasteiger partial charge in [0.25, 0.3) is 0 Å². The van der Waals surface area contributed by atoms with Gasteiger partial charge in [0.1, 0.15) is 0 Å². The maximum Gasteiger partial charge on any atom is 0.460 e. The Morgan fingerprint density at radius 2 is 0.250 bits per heavy atom. The number of alkyl halides is 18. The Bertz CT molecular complexity index is 1770. The molecule has 2 unspecified atom stereocenters. The van der Waals surface area contributed by atoms with Crippen molar-refractivity contribution in [2.24, 2.45) is 0 Å². The molecule has 0 rings (SSSR count). The zero-order valence-electron chi connectivity index (χ0n) is 58.0. The van der Waals surface area contributed by atoms with Crippen molar-refractivity contribution in [3.63, 3.8) is 0 Å². The van der Waals surface area contributed by atoms with Crippen molar-refractivity contribution < 1.29 is 203 Å². The van der Waals surface area contributed by atoms with E-state index in [0.717, 1.165) is 0 Å². The van der Waals surface area contributed by atoms with Crippen molar-refractivity contribution in [3.8, 4) is 0 Å². The van der Waals surface area contributed by atoms with E-state index in [0.29, 0.717) is 225 Å². The van der Waals surface area contributed by atoms with Gasteiger partial charge >= 0.3 is 47.9 Å². The third kappa shape index (κ3) is 52.0. The molecule has 0 aromatic heterocycles. The Morgan fingerprint density at radius 1 is 0.154 bits per heavy atom. The summed E-state index contributed by atoms with van der Waals surface area (Å²) in [5.74, 6) is -39.5. The predicted molar refractivity (Wildman–Crippen MR) is 323 cm³/mol. The van der Waals surface area contributed by atoms with Crippen LogP contribution in [0.4, 0.5) is 79.0 Å². The Hall–Kier alpha value is -2.30. The van der Waals surface area contributed by atoms with Gasteiger partial charge in [0, 0.05) is 12.8 Å². The smallest absolute Gasteiger partial charge is 0.390 e. The molecular weight excluding hydrogens is 1480 g/mol. The lowest BCUT2D eigenvalue weighted by Crippen LogP contribution is -2.61. The summed E-state index contributed by atoms with van der Waals surface area (Å²) in [5.41, 5.74) is 0. The Kier molecular flexibility index (Phi) is 61.9. The minimum absolute atomic E-state index is 0.0519. The maximum absolute atomic E-state index is 13.6. The van der Waals surface area contributed by atoms with E-state index in [4.69, 9.17) is 114 Å². The van der Waals surface area contributed by atoms with Crippen molar-refractivity contribution in [2.75, 3.05) is 317 Å². The molecule has 104 heavy (non-hydrogen) atoms. The van der Waals surface area contributed by atoms with Gasteiger partial charge < -0.3 is 124 Å². The van der Waals surface area contributed by atoms with E-state index in [1.54, 1.807) is 0 Å². The first kappa shape index (κ1) is 102. The van der Waals surface area contributed by atoms with Gasteiger partial charge in [-0.05, 0) is 0 Å². The summed E-state index contributed by atoms with van der Waals surface area (Å²) < 4.78 is 361. The quantitative estimate of drug-likeness (QED) is 0.0536. The third-order valence-corrected chi connectivity index (χ3v) is 12.6. The molecule has 0 bridgehead atoms. The standard InChI is InChI=1S/C60H104F18O26/c61-53(62,55(65,66)57(69,70)59(73,74)75)47-51(79)49-103-45-43-101-41-39-99-37-35-97-33-31-95-29-27-93-25-23-91-21-19-89-17-15-87-13-11-85-9-7-83-5-3-81-1-2-82-4-6-84-8-10-86-12-14-88-16-18-90-20-22-92-24-26-94-28-30-96-32-34-98-36-38-100-40-42-102-44-46-104-50-52(80)48-54(63,64)56(67,68)58(71,72)60(76,77)78/h51-52,79-80H,1-50H2. The maximum atomic E-state index is 13.6. The lowest BCUT2D eigenvalue weighted by atomic mass is 9.98. The van der Waals surface area contributed by atoms with Crippen molar-refractivity contribution >= 4 is 0 Å². The summed E-state index contributed by atoms with van der Waals surface area (Å²) >= 11 is 0. The minimum Gasteiger partial charge on any atom is -0.390 e. The van der Waals surface area contributed by atoms with Crippen LogP contribution in [0.1, 0.15) is 12.8 Å². The number of rotatable bonds is 81. The van der Waals surface area contributed by atoms with Crippen LogP contribution in [0.25, 0.3) is 0 Å². The highest BCUT2D eigenvalue weighted by Gasteiger charge is 2.82. The summed E-state index contributed by atoms with van der Waals surface area (Å²) in [4.78, 5) is 0. The molecule has 2 atom stereocenters. The fraction of sp³-hybridized carbons (Fsp3) is 1.00. The SMILES string of the molecule is OC(COCCOCCOCCOCCOCCOCCOCCOCCOCCOCCOCCOCCOCCOCCOCCOCCOCCOCCOCCOCCOCCOCCOCCOCC(O)CC(F)(F)C(F)(F)C(F)(F)C(F)(F)F)CC(F)(F)C(F)(F)C(F)(F)C(F)(F)F. The largest absolute Gasteiger partial charge is 0.460 e. The second kappa shape index (κ2) is 63.4. The Balaban J connectivity index is 3.26. The molecule has 2 N–H and O–H groups in total. The molecule has 0 aliphatic heterocycles. The first-order chi connectivity index (χ1) is 49.5. The summed E-state index contributed by atoms with van der Waals surface area (Å²) in [6, 6.07) is 0. The first-order valence-electron chi connectivity index (χ1n) is 33.1. The molecule has 0 aromatic carbocycles. The molecule has 26 nitrogen and oxygen atoms in total. The van der Waals surface area contributed by atoms with Crippen LogP contribution in [-0.4, -0.2) is 387 Å². The second-order valence-electron chi connectivity index (χ2n) is 21.0. The number of halogens is 18. The highest BCUT2D eigenvalue weighted by Crippen LogP contribution is 2.55. The van der Waals surface area contributed by atoms with Crippen LogP contribution in [-0.2, 0) is 114 Å². The van der Waals surface area contributed by atoms with Gasteiger partial charge in [0.15, 0.2) is 0 Å². The van der Waals surface area contributed by atoms with Crippen molar-refractivity contribution in [2.45, 2.75) is 72.9 Å². The molecule has 0 aliphatic rings. The molecule has 0 spiro atoms. The molecule has 44 heteroatoms. The lowest BCUT2D eigenvalue weighted by molar-refractivity contribution is -0.398. The topological polar surface area (TPSA) is 262 Å². The van der Waals surface area contributed by atoms with Crippen LogP contribution in [0.3, 0.4) is 0 Å². The van der Waals surface area contributed by atoms with Crippen molar-refractivity contribution in [1.29, 1.82) is 0 Å². The van der Waals surface area contributed by atoms with Crippen molar-refractivity contribution in [1.82, 2.24) is 0 Å². The number of hydrogen-bond acceptors (Lipinski definition) is 26. The molecule has 626 valence electrons. The van der Waals surface area contributed by atoms with Crippen LogP contribution in [0.2, 0.25) is 0 Å². The van der Waals surface area contributed by atoms with E-state index in [-0.39, 0.29) is 79.3 Å². The third-order valence-electron chi connectivity index (χ3n) is 12.6. The zero-order valence-corrected chi connectivity index (χ0v) is 58.0.